The molecule has 0 aromatic heterocycles. The van der Waals surface area contributed by atoms with E-state index in [4.69, 9.17) is 69.6 Å². The number of carbonyl (C=O) groups is 1. The zero-order chi connectivity index (χ0) is 8.78. The normalized spacial score (nSPS) is 9.36. The molecule has 8 heteroatoms. The van der Waals surface area contributed by atoms with Crippen LogP contribution in [0.25, 0.3) is 0 Å². The van der Waals surface area contributed by atoms with Crippen molar-refractivity contribution in [3.05, 3.63) is 0 Å². The topological polar surface area (TPSA) is 17.1 Å². The quantitative estimate of drug-likeness (QED) is 0.489. The Morgan fingerprint density at radius 1 is 1.09 bits per heavy atom. The molecule has 0 heterocycles. The molecule has 0 aliphatic heterocycles. The Bertz CT molecular complexity index is 83.4. The smallest absolute Gasteiger partial charge is 0.245 e. The first kappa shape index (κ1) is 18.5. The fraction of sp³-hybridized carbons (Fsp3) is 0.667. The lowest BCUT2D eigenvalue weighted by Gasteiger charge is -1.93. The van der Waals surface area contributed by atoms with Gasteiger partial charge in [-0.05, 0) is 0 Å². The van der Waals surface area contributed by atoms with Crippen molar-refractivity contribution in [2.45, 2.75) is 8.09 Å². The van der Waals surface area contributed by atoms with Gasteiger partial charge in [0.1, 0.15) is 0 Å². The molecule has 0 aromatic rings. The van der Waals surface area contributed by atoms with Crippen molar-refractivity contribution in [1.29, 1.82) is 0 Å². The molecule has 0 unspecified atom stereocenters. The maximum atomic E-state index is 9.43. The average Bonchev–Trinajstić information content (AvgIpc) is 1.63. The van der Waals surface area contributed by atoms with Gasteiger partial charge in [-0.25, -0.2) is 0 Å². The predicted octanol–water partition coefficient (Wildman–Crippen LogP) is 3.96. The molecule has 0 aromatic carbocycles. The summed E-state index contributed by atoms with van der Waals surface area (Å²) in [6.45, 7) is 0. The number of alkyl halides is 6. The summed E-state index contributed by atoms with van der Waals surface area (Å²) in [6, 6.07) is 0. The number of aldehydes is 1. The number of hydrogen-bond donors (Lipinski definition) is 0. The lowest BCUT2D eigenvalue weighted by atomic mass is 10.9. The van der Waals surface area contributed by atoms with Crippen molar-refractivity contribution in [3.63, 3.8) is 0 Å². The van der Waals surface area contributed by atoms with E-state index in [0.29, 0.717) is 0 Å². The third-order valence-electron chi connectivity index (χ3n) is 0.134. The summed E-state index contributed by atoms with van der Waals surface area (Å²) in [7, 11) is 0. The first-order valence-corrected chi connectivity index (χ1v) is 4.19. The molecule has 0 atom stereocenters. The molecule has 0 saturated heterocycles. The molecule has 0 radical (unpaired) electrons. The monoisotopic (exact) mass is 300 g/mol. The Labute approximate surface area is 101 Å². The average molecular weight is 303 g/mol. The van der Waals surface area contributed by atoms with Crippen LogP contribution in [0.15, 0.2) is 0 Å². The van der Waals surface area contributed by atoms with Gasteiger partial charge in [0.05, 0.1) is 0 Å². The highest BCUT2D eigenvalue weighted by molar-refractivity contribution is 6.74. The van der Waals surface area contributed by atoms with Gasteiger partial charge in [-0.3, -0.25) is 4.79 Å². The van der Waals surface area contributed by atoms with E-state index in [2.05, 4.69) is 0 Å². The largest absolute Gasteiger partial charge is 0.299 e. The summed E-state index contributed by atoms with van der Waals surface area (Å²) in [5.41, 5.74) is 0. The fourth-order valence-corrected chi connectivity index (χ4v) is 0. The minimum absolute atomic E-state index is 0. The highest BCUT2D eigenvalue weighted by atomic mass is 35.6. The number of carbonyl (C=O) groups excluding carboxylic acids is 1. The Balaban J connectivity index is -0.000000114. The minimum Gasteiger partial charge on any atom is -0.299 e. The summed E-state index contributed by atoms with van der Waals surface area (Å²) in [4.78, 5) is 9.43. The van der Waals surface area contributed by atoms with Crippen molar-refractivity contribution in [3.8, 4) is 0 Å². The van der Waals surface area contributed by atoms with Crippen molar-refractivity contribution in [2.24, 2.45) is 0 Å². The van der Waals surface area contributed by atoms with Crippen molar-refractivity contribution in [1.82, 2.24) is 0 Å². The Morgan fingerprint density at radius 2 is 1.18 bits per heavy atom. The molecule has 0 fully saturated rings. The molecule has 70 valence electrons. The zero-order valence-electron chi connectivity index (χ0n) is 4.74. The highest BCUT2D eigenvalue weighted by Gasteiger charge is 2.16. The van der Waals surface area contributed by atoms with Crippen LogP contribution in [0.3, 0.4) is 0 Å². The molecule has 1 nitrogen and oxygen atoms in total. The summed E-state index contributed by atoms with van der Waals surface area (Å²) >= 11 is 29.1. The molecule has 0 spiro atoms. The van der Waals surface area contributed by atoms with E-state index in [1.807, 2.05) is 0 Å². The zero-order valence-corrected chi connectivity index (χ0v) is 10.1. The van der Waals surface area contributed by atoms with E-state index in [1.54, 1.807) is 0 Å². The second kappa shape index (κ2) is 9.79. The van der Waals surface area contributed by atoms with Crippen LogP contribution in [0.1, 0.15) is 0 Å². The third-order valence-corrected chi connectivity index (χ3v) is 0.401. The van der Waals surface area contributed by atoms with Gasteiger partial charge >= 0.3 is 0 Å². The molecule has 0 rings (SSSR count). The van der Waals surface area contributed by atoms with Crippen LogP contribution in [0, 0.1) is 0 Å². The van der Waals surface area contributed by atoms with E-state index in [0.717, 1.165) is 0 Å². The molecule has 0 bridgehead atoms. The first-order chi connectivity index (χ1) is 4.29. The van der Waals surface area contributed by atoms with E-state index in [-0.39, 0.29) is 18.7 Å². The van der Waals surface area contributed by atoms with Crippen LogP contribution in [0.5, 0.6) is 0 Å². The third kappa shape index (κ3) is 49.8. The molecule has 0 saturated carbocycles. The highest BCUT2D eigenvalue weighted by Crippen LogP contribution is 2.21. The maximum absolute atomic E-state index is 9.43. The van der Waals surface area contributed by atoms with E-state index >= 15 is 0 Å². The first-order valence-electron chi connectivity index (χ1n) is 1.75. The standard InChI is InChI=1S/C2HCl3O.CHCl3.ClH/c3-2(4,5)1-6;2-1(3)4;/h1H;1H;1H. The van der Waals surface area contributed by atoms with Gasteiger partial charge in [0, 0.05) is 0 Å². The summed E-state index contributed by atoms with van der Waals surface area (Å²) in [6.07, 6.45) is 0.234. The van der Waals surface area contributed by atoms with Gasteiger partial charge in [-0.1, -0.05) is 69.6 Å². The maximum Gasteiger partial charge on any atom is 0.245 e. The lowest BCUT2D eigenvalue weighted by molar-refractivity contribution is -0.107. The van der Waals surface area contributed by atoms with Gasteiger partial charge < -0.3 is 0 Å². The van der Waals surface area contributed by atoms with Gasteiger partial charge in [-0.15, -0.1) is 12.4 Å². The SMILES string of the molecule is Cl.ClC(Cl)Cl.O=CC(Cl)(Cl)Cl. The molecule has 0 aliphatic rings. The van der Waals surface area contributed by atoms with Crippen molar-refractivity contribution >= 4 is 88.3 Å². The van der Waals surface area contributed by atoms with Crippen LogP contribution in [0.4, 0.5) is 0 Å². The molecular weight excluding hydrogens is 300 g/mol. The Morgan fingerprint density at radius 3 is 1.18 bits per heavy atom. The van der Waals surface area contributed by atoms with Gasteiger partial charge in [-0.2, -0.15) is 0 Å². The van der Waals surface area contributed by atoms with Gasteiger partial charge in [0.15, 0.2) is 10.6 Å². The molecule has 0 aliphatic carbocycles. The van der Waals surface area contributed by atoms with E-state index < -0.39 is 8.09 Å². The molecule has 0 amide bonds. The van der Waals surface area contributed by atoms with Crippen LogP contribution >= 0.6 is 82.0 Å². The summed E-state index contributed by atoms with van der Waals surface area (Å²) < 4.78 is -2.47. The number of halogens is 7. The Hall–Kier alpha value is 1.70. The van der Waals surface area contributed by atoms with Crippen LogP contribution in [-0.4, -0.2) is 14.4 Å². The molecular formula is C3H3Cl7O. The van der Waals surface area contributed by atoms with E-state index in [1.165, 1.54) is 0 Å². The number of rotatable bonds is 0. The summed E-state index contributed by atoms with van der Waals surface area (Å²) in [5.74, 6) is 0. The summed E-state index contributed by atoms with van der Waals surface area (Å²) in [5, 5.41) is 0. The second-order valence-electron chi connectivity index (χ2n) is 0.907. The minimum atomic E-state index is -1.72. The van der Waals surface area contributed by atoms with Gasteiger partial charge in [0.25, 0.3) is 0 Å². The Kier molecular flexibility index (Phi) is 16.4. The molecule has 11 heavy (non-hydrogen) atoms. The number of hydrogen-bond acceptors (Lipinski definition) is 1. The van der Waals surface area contributed by atoms with Gasteiger partial charge in [0.2, 0.25) is 3.79 Å². The van der Waals surface area contributed by atoms with E-state index in [9.17, 15) is 4.79 Å². The lowest BCUT2D eigenvalue weighted by Crippen LogP contribution is -2.00. The van der Waals surface area contributed by atoms with Crippen LogP contribution in [0.2, 0.25) is 0 Å². The predicted molar refractivity (Wildman–Crippen MR) is 54.9 cm³/mol. The van der Waals surface area contributed by atoms with Crippen LogP contribution in [-0.2, 0) is 4.79 Å². The van der Waals surface area contributed by atoms with Crippen molar-refractivity contribution in [2.75, 3.05) is 0 Å². The molecule has 0 N–H and O–H groups in total. The fourth-order valence-electron chi connectivity index (χ4n) is 0. The van der Waals surface area contributed by atoms with Crippen molar-refractivity contribution < 1.29 is 4.79 Å². The second-order valence-corrected chi connectivity index (χ2v) is 5.26. The van der Waals surface area contributed by atoms with Crippen LogP contribution < -0.4 is 0 Å².